The van der Waals surface area contributed by atoms with Crippen LogP contribution < -0.4 is 0 Å². The number of halogens is 2. The van der Waals surface area contributed by atoms with Gasteiger partial charge in [0.25, 0.3) is 0 Å². The van der Waals surface area contributed by atoms with Crippen LogP contribution in [-0.4, -0.2) is 26.4 Å². The van der Waals surface area contributed by atoms with Gasteiger partial charge in [0.15, 0.2) is 10.9 Å². The Hall–Kier alpha value is -1.61. The van der Waals surface area contributed by atoms with Gasteiger partial charge in [0, 0.05) is 10.0 Å². The van der Waals surface area contributed by atoms with Crippen molar-refractivity contribution in [3.8, 4) is 11.8 Å². The average molecular weight is 369 g/mol. The van der Waals surface area contributed by atoms with Crippen molar-refractivity contribution in [3.63, 3.8) is 0 Å². The Labute approximate surface area is 148 Å². The molecule has 1 N–H and O–H groups in total. The molecule has 0 fully saturated rings. The van der Waals surface area contributed by atoms with E-state index >= 15 is 0 Å². The van der Waals surface area contributed by atoms with E-state index in [0.29, 0.717) is 26.6 Å². The summed E-state index contributed by atoms with van der Waals surface area (Å²) in [4.78, 5) is 15.9. The first-order chi connectivity index (χ1) is 10.9. The van der Waals surface area contributed by atoms with Gasteiger partial charge in [-0.3, -0.25) is 0 Å². The molecule has 0 spiro atoms. The average Bonchev–Trinajstić information content (AvgIpc) is 2.79. The molecule has 0 saturated heterocycles. The van der Waals surface area contributed by atoms with E-state index < -0.39 is 5.97 Å². The van der Waals surface area contributed by atoms with E-state index in [-0.39, 0.29) is 12.2 Å². The van der Waals surface area contributed by atoms with Crippen LogP contribution in [0.1, 0.15) is 28.7 Å². The largest absolute Gasteiger partial charge is 0.477 e. The minimum absolute atomic E-state index is 0.146. The zero-order valence-corrected chi connectivity index (χ0v) is 14.9. The summed E-state index contributed by atoms with van der Waals surface area (Å²) in [6, 6.07) is 5.11. The predicted octanol–water partition coefficient (Wildman–Crippen LogP) is 4.36. The highest BCUT2D eigenvalue weighted by atomic mass is 35.5. The van der Waals surface area contributed by atoms with Crippen molar-refractivity contribution in [3.05, 3.63) is 45.2 Å². The predicted molar refractivity (Wildman–Crippen MR) is 93.7 cm³/mol. The smallest absolute Gasteiger partial charge is 0.354 e. The number of nitrogens with zero attached hydrogens (tertiary/aromatic N) is 2. The van der Waals surface area contributed by atoms with Crippen LogP contribution in [0.4, 0.5) is 0 Å². The summed E-state index contributed by atoms with van der Waals surface area (Å²) in [5.74, 6) is 5.25. The molecule has 1 aromatic carbocycles. The second kappa shape index (κ2) is 7.78. The minimum atomic E-state index is -1.03. The molecule has 2 rings (SSSR count). The highest BCUT2D eigenvalue weighted by molar-refractivity contribution is 7.99. The Morgan fingerprint density at radius 1 is 1.43 bits per heavy atom. The third-order valence-electron chi connectivity index (χ3n) is 3.10. The fraction of sp³-hybridized carbons (Fsp3) is 0.250. The second-order valence-corrected chi connectivity index (χ2v) is 6.46. The molecular formula is C16H14Cl2N2O2S. The summed E-state index contributed by atoms with van der Waals surface area (Å²) in [6.07, 6.45) is 0. The number of thioether (sulfide) groups is 1. The van der Waals surface area contributed by atoms with Crippen molar-refractivity contribution in [2.24, 2.45) is 0 Å². The number of benzene rings is 1. The number of aryl methyl sites for hydroxylation is 1. The van der Waals surface area contributed by atoms with Crippen molar-refractivity contribution in [2.45, 2.75) is 25.5 Å². The van der Waals surface area contributed by atoms with Gasteiger partial charge in [0.1, 0.15) is 0 Å². The molecular weight excluding hydrogens is 355 g/mol. The number of hydrogen-bond acceptors (Lipinski definition) is 3. The Balaban J connectivity index is 2.46. The van der Waals surface area contributed by atoms with Crippen LogP contribution in [0.25, 0.3) is 0 Å². The van der Waals surface area contributed by atoms with Crippen LogP contribution in [0, 0.1) is 18.8 Å². The molecule has 0 radical (unpaired) electrons. The first kappa shape index (κ1) is 17.7. The Bertz CT molecular complexity index is 806. The van der Waals surface area contributed by atoms with Crippen molar-refractivity contribution < 1.29 is 9.90 Å². The van der Waals surface area contributed by atoms with E-state index in [0.717, 1.165) is 5.56 Å². The Morgan fingerprint density at radius 2 is 2.17 bits per heavy atom. The standard InChI is InChI=1S/C16H14Cl2N2O2S/c1-3-4-7-23-16-19-10(2)14(15(21)22)20(16)9-11-8-12(17)5-6-13(11)18/h5-6,8H,7,9H2,1-2H3,(H,21,22). The van der Waals surface area contributed by atoms with Crippen molar-refractivity contribution in [1.29, 1.82) is 0 Å². The molecule has 0 aliphatic carbocycles. The molecule has 0 unspecified atom stereocenters. The molecule has 0 aliphatic heterocycles. The first-order valence-corrected chi connectivity index (χ1v) is 8.45. The number of hydrogen-bond donors (Lipinski definition) is 1. The van der Waals surface area contributed by atoms with Crippen LogP contribution in [0.2, 0.25) is 10.0 Å². The molecule has 0 aliphatic rings. The van der Waals surface area contributed by atoms with Gasteiger partial charge in [-0.05, 0) is 37.6 Å². The third kappa shape index (κ3) is 4.23. The van der Waals surface area contributed by atoms with Crippen LogP contribution in [-0.2, 0) is 6.54 Å². The molecule has 4 nitrogen and oxygen atoms in total. The molecule has 1 aromatic heterocycles. The Morgan fingerprint density at radius 3 is 2.83 bits per heavy atom. The number of aromatic carboxylic acids is 1. The van der Waals surface area contributed by atoms with Gasteiger partial charge in [-0.15, -0.1) is 5.92 Å². The number of carbonyl (C=O) groups is 1. The second-order valence-electron chi connectivity index (χ2n) is 4.67. The van der Waals surface area contributed by atoms with Gasteiger partial charge in [-0.25, -0.2) is 9.78 Å². The SMILES string of the molecule is CC#CCSc1nc(C)c(C(=O)O)n1Cc1cc(Cl)ccc1Cl. The lowest BCUT2D eigenvalue weighted by Crippen LogP contribution is -2.12. The van der Waals surface area contributed by atoms with Crippen LogP contribution in [0.15, 0.2) is 23.4 Å². The van der Waals surface area contributed by atoms with Crippen molar-refractivity contribution >= 4 is 40.9 Å². The molecule has 0 atom stereocenters. The maximum atomic E-state index is 11.6. The van der Waals surface area contributed by atoms with E-state index in [1.807, 2.05) is 0 Å². The number of imidazole rings is 1. The first-order valence-electron chi connectivity index (χ1n) is 6.70. The van der Waals surface area contributed by atoms with Gasteiger partial charge in [0.2, 0.25) is 0 Å². The molecule has 0 bridgehead atoms. The van der Waals surface area contributed by atoms with E-state index in [4.69, 9.17) is 23.2 Å². The zero-order chi connectivity index (χ0) is 17.0. The van der Waals surface area contributed by atoms with Gasteiger partial charge >= 0.3 is 5.97 Å². The number of rotatable bonds is 5. The lowest BCUT2D eigenvalue weighted by atomic mass is 10.2. The van der Waals surface area contributed by atoms with Crippen molar-refractivity contribution in [2.75, 3.05) is 5.75 Å². The summed E-state index contributed by atoms with van der Waals surface area (Å²) in [7, 11) is 0. The maximum absolute atomic E-state index is 11.6. The summed E-state index contributed by atoms with van der Waals surface area (Å²) in [5.41, 5.74) is 1.35. The van der Waals surface area contributed by atoms with Gasteiger partial charge in [-0.2, -0.15) is 0 Å². The molecule has 0 amide bonds. The molecule has 0 saturated carbocycles. The summed E-state index contributed by atoms with van der Waals surface area (Å²) in [5, 5.41) is 11.1. The monoisotopic (exact) mass is 368 g/mol. The lowest BCUT2D eigenvalue weighted by Gasteiger charge is -2.11. The van der Waals surface area contributed by atoms with E-state index in [1.54, 1.807) is 36.6 Å². The van der Waals surface area contributed by atoms with Crippen molar-refractivity contribution in [1.82, 2.24) is 9.55 Å². The third-order valence-corrected chi connectivity index (χ3v) is 4.56. The maximum Gasteiger partial charge on any atom is 0.354 e. The fourth-order valence-corrected chi connectivity index (χ4v) is 3.31. The number of aromatic nitrogens is 2. The molecule has 7 heteroatoms. The summed E-state index contributed by atoms with van der Waals surface area (Å²) in [6.45, 7) is 3.71. The quantitative estimate of drug-likeness (QED) is 0.629. The molecule has 1 heterocycles. The van der Waals surface area contributed by atoms with E-state index in [2.05, 4.69) is 16.8 Å². The van der Waals surface area contributed by atoms with E-state index in [1.165, 1.54) is 11.8 Å². The zero-order valence-electron chi connectivity index (χ0n) is 12.6. The normalized spacial score (nSPS) is 10.3. The topological polar surface area (TPSA) is 55.1 Å². The van der Waals surface area contributed by atoms with Crippen LogP contribution >= 0.6 is 35.0 Å². The Kier molecular flexibility index (Phi) is 6.00. The molecule has 23 heavy (non-hydrogen) atoms. The highest BCUT2D eigenvalue weighted by Gasteiger charge is 2.21. The number of carboxylic acids is 1. The molecule has 2 aromatic rings. The van der Waals surface area contributed by atoms with E-state index in [9.17, 15) is 9.90 Å². The fourth-order valence-electron chi connectivity index (χ4n) is 2.08. The highest BCUT2D eigenvalue weighted by Crippen LogP contribution is 2.26. The van der Waals surface area contributed by atoms with Gasteiger partial charge < -0.3 is 9.67 Å². The van der Waals surface area contributed by atoms with Crippen LogP contribution in [0.3, 0.4) is 0 Å². The summed E-state index contributed by atoms with van der Waals surface area (Å²) >= 11 is 13.6. The minimum Gasteiger partial charge on any atom is -0.477 e. The number of carboxylic acid groups (broad SMARTS) is 1. The summed E-state index contributed by atoms with van der Waals surface area (Å²) < 4.78 is 1.64. The lowest BCUT2D eigenvalue weighted by molar-refractivity contribution is 0.0684. The van der Waals surface area contributed by atoms with Crippen LogP contribution in [0.5, 0.6) is 0 Å². The van der Waals surface area contributed by atoms with Gasteiger partial charge in [0.05, 0.1) is 18.0 Å². The van der Waals surface area contributed by atoms with Gasteiger partial charge in [-0.1, -0.05) is 40.9 Å². The molecule has 120 valence electrons.